The smallest absolute Gasteiger partial charge is 0.290 e. The molecular weight excluding hydrogens is 332 g/mol. The summed E-state index contributed by atoms with van der Waals surface area (Å²) in [4.78, 5) is 14.6. The van der Waals surface area contributed by atoms with Crippen molar-refractivity contribution < 1.29 is 13.8 Å². The first-order valence-corrected chi connectivity index (χ1v) is 7.96. The normalized spacial score (nSPS) is 18.8. The summed E-state index contributed by atoms with van der Waals surface area (Å²) in [6.45, 7) is 0.778. The third-order valence-corrected chi connectivity index (χ3v) is 4.32. The number of carbonyl (C=O) groups is 1. The van der Waals surface area contributed by atoms with Gasteiger partial charge in [-0.1, -0.05) is 0 Å². The van der Waals surface area contributed by atoms with Gasteiger partial charge in [-0.2, -0.15) is 0 Å². The minimum Gasteiger partial charge on any atom is -0.444 e. The molecule has 1 aliphatic heterocycles. The molecule has 2 aromatic heterocycles. The van der Waals surface area contributed by atoms with E-state index in [0.717, 1.165) is 25.8 Å². The van der Waals surface area contributed by atoms with Gasteiger partial charge >= 0.3 is 0 Å². The first-order valence-electron chi connectivity index (χ1n) is 7.16. The van der Waals surface area contributed by atoms with E-state index in [1.807, 2.05) is 28.8 Å². The van der Waals surface area contributed by atoms with Gasteiger partial charge in [-0.15, -0.1) is 0 Å². The van der Waals surface area contributed by atoms with Crippen molar-refractivity contribution in [3.8, 4) is 0 Å². The molecule has 5 heteroatoms. The van der Waals surface area contributed by atoms with Gasteiger partial charge in [-0.25, -0.2) is 4.57 Å². The van der Waals surface area contributed by atoms with Crippen LogP contribution in [0.25, 0.3) is 0 Å². The van der Waals surface area contributed by atoms with Gasteiger partial charge < -0.3 is 9.32 Å². The number of hydrogen-bond donors (Lipinski definition) is 0. The standard InChI is InChI=1S/C16H18BrN2O2/c1-18-9-4-5-12(11-18)13-6-2-3-10-19(13)16(20)14-7-8-15(17)21-14/h4-5,7-9,11,13H,2-3,6,10H2,1H3/q+1/t13-/m0/s1. The second-order valence-corrected chi connectivity index (χ2v) is 6.20. The molecule has 1 saturated heterocycles. The highest BCUT2D eigenvalue weighted by Gasteiger charge is 2.31. The Morgan fingerprint density at radius 3 is 2.95 bits per heavy atom. The van der Waals surface area contributed by atoms with E-state index in [0.29, 0.717) is 10.4 Å². The second-order valence-electron chi connectivity index (χ2n) is 5.42. The number of piperidine rings is 1. The summed E-state index contributed by atoms with van der Waals surface area (Å²) >= 11 is 3.25. The average molecular weight is 350 g/mol. The molecule has 0 bridgehead atoms. The van der Waals surface area contributed by atoms with Gasteiger partial charge in [0.25, 0.3) is 5.91 Å². The van der Waals surface area contributed by atoms with Crippen LogP contribution in [0, 0.1) is 0 Å². The fraction of sp³-hybridized carbons (Fsp3) is 0.375. The van der Waals surface area contributed by atoms with Crippen LogP contribution in [0.4, 0.5) is 0 Å². The topological polar surface area (TPSA) is 37.3 Å². The molecule has 0 radical (unpaired) electrons. The highest BCUT2D eigenvalue weighted by molar-refractivity contribution is 9.10. The number of aryl methyl sites for hydroxylation is 1. The molecule has 1 fully saturated rings. The van der Waals surface area contributed by atoms with Crippen LogP contribution in [0.15, 0.2) is 45.7 Å². The number of aromatic nitrogens is 1. The summed E-state index contributed by atoms with van der Waals surface area (Å²) in [5.41, 5.74) is 1.18. The number of hydrogen-bond acceptors (Lipinski definition) is 2. The number of carbonyl (C=O) groups excluding carboxylic acids is 1. The van der Waals surface area contributed by atoms with Crippen molar-refractivity contribution in [3.05, 3.63) is 52.7 Å². The zero-order valence-corrected chi connectivity index (χ0v) is 13.5. The number of rotatable bonds is 2. The van der Waals surface area contributed by atoms with Crippen LogP contribution in [0.5, 0.6) is 0 Å². The lowest BCUT2D eigenvalue weighted by Gasteiger charge is -2.34. The van der Waals surface area contributed by atoms with Crippen LogP contribution in [0.1, 0.15) is 41.4 Å². The van der Waals surface area contributed by atoms with Crippen LogP contribution < -0.4 is 4.57 Å². The number of likely N-dealkylation sites (tertiary alicyclic amines) is 1. The van der Waals surface area contributed by atoms with Crippen molar-refractivity contribution in [1.29, 1.82) is 0 Å². The second kappa shape index (κ2) is 6.02. The molecular formula is C16H18BrN2O2+. The molecule has 3 heterocycles. The maximum Gasteiger partial charge on any atom is 0.290 e. The molecule has 4 nitrogen and oxygen atoms in total. The van der Waals surface area contributed by atoms with E-state index >= 15 is 0 Å². The van der Waals surface area contributed by atoms with E-state index in [9.17, 15) is 4.79 Å². The van der Waals surface area contributed by atoms with Crippen LogP contribution in [-0.2, 0) is 7.05 Å². The monoisotopic (exact) mass is 349 g/mol. The molecule has 0 spiro atoms. The van der Waals surface area contributed by atoms with Crippen molar-refractivity contribution in [2.24, 2.45) is 7.05 Å². The SMILES string of the molecule is C[n+]1cccc([C@@H]2CCCCN2C(=O)c2ccc(Br)o2)c1. The molecule has 0 saturated carbocycles. The van der Waals surface area contributed by atoms with Crippen molar-refractivity contribution in [3.63, 3.8) is 0 Å². The molecule has 0 unspecified atom stereocenters. The largest absolute Gasteiger partial charge is 0.444 e. The Labute approximate surface area is 132 Å². The van der Waals surface area contributed by atoms with Gasteiger partial charge in [-0.3, -0.25) is 4.79 Å². The molecule has 2 aromatic rings. The summed E-state index contributed by atoms with van der Waals surface area (Å²) in [5.74, 6) is 0.367. The van der Waals surface area contributed by atoms with Gasteiger partial charge in [0.05, 0.1) is 6.04 Å². The van der Waals surface area contributed by atoms with Gasteiger partial charge in [0.1, 0.15) is 7.05 Å². The molecule has 21 heavy (non-hydrogen) atoms. The van der Waals surface area contributed by atoms with E-state index in [-0.39, 0.29) is 11.9 Å². The fourth-order valence-electron chi connectivity index (χ4n) is 2.90. The van der Waals surface area contributed by atoms with E-state index in [1.165, 1.54) is 5.56 Å². The highest BCUT2D eigenvalue weighted by atomic mass is 79.9. The Bertz CT molecular complexity index is 653. The molecule has 0 aromatic carbocycles. The predicted molar refractivity (Wildman–Crippen MR) is 81.7 cm³/mol. The van der Waals surface area contributed by atoms with Crippen molar-refractivity contribution >= 4 is 21.8 Å². The Morgan fingerprint density at radius 2 is 2.24 bits per heavy atom. The first kappa shape index (κ1) is 14.3. The van der Waals surface area contributed by atoms with E-state index in [2.05, 4.69) is 28.2 Å². The van der Waals surface area contributed by atoms with Gasteiger partial charge in [0, 0.05) is 18.2 Å². The van der Waals surface area contributed by atoms with Gasteiger partial charge in [-0.05, 0) is 53.4 Å². The third-order valence-electron chi connectivity index (χ3n) is 3.90. The molecule has 1 atom stereocenters. The minimum atomic E-state index is -0.0306. The lowest BCUT2D eigenvalue weighted by molar-refractivity contribution is -0.672. The molecule has 110 valence electrons. The fourth-order valence-corrected chi connectivity index (χ4v) is 3.21. The van der Waals surface area contributed by atoms with Gasteiger partial charge in [0.15, 0.2) is 22.8 Å². The van der Waals surface area contributed by atoms with Gasteiger partial charge in [0.2, 0.25) is 0 Å². The van der Waals surface area contributed by atoms with Crippen molar-refractivity contribution in [2.45, 2.75) is 25.3 Å². The number of furan rings is 1. The van der Waals surface area contributed by atoms with Crippen LogP contribution >= 0.6 is 15.9 Å². The van der Waals surface area contributed by atoms with Crippen molar-refractivity contribution in [2.75, 3.05) is 6.54 Å². The summed E-state index contributed by atoms with van der Waals surface area (Å²) < 4.78 is 8.04. The third kappa shape index (κ3) is 3.02. The quantitative estimate of drug-likeness (QED) is 0.780. The molecule has 0 aliphatic carbocycles. The Kier molecular flexibility index (Phi) is 4.10. The van der Waals surface area contributed by atoms with Crippen LogP contribution in [0.2, 0.25) is 0 Å². The highest BCUT2D eigenvalue weighted by Crippen LogP contribution is 2.32. The first-order chi connectivity index (χ1) is 10.1. The zero-order chi connectivity index (χ0) is 14.8. The van der Waals surface area contributed by atoms with Crippen molar-refractivity contribution in [1.82, 2.24) is 4.90 Å². The summed E-state index contributed by atoms with van der Waals surface area (Å²) in [6, 6.07) is 7.73. The Balaban J connectivity index is 1.89. The Hall–Kier alpha value is -1.62. The molecule has 0 N–H and O–H groups in total. The van der Waals surface area contributed by atoms with Crippen LogP contribution in [-0.4, -0.2) is 17.4 Å². The summed E-state index contributed by atoms with van der Waals surface area (Å²) in [6.07, 6.45) is 7.28. The van der Waals surface area contributed by atoms with Crippen LogP contribution in [0.3, 0.4) is 0 Å². The van der Waals surface area contributed by atoms with E-state index in [1.54, 1.807) is 12.1 Å². The molecule has 3 rings (SSSR count). The average Bonchev–Trinajstić information content (AvgIpc) is 2.93. The minimum absolute atomic E-state index is 0.0306. The molecule has 1 amide bonds. The lowest BCUT2D eigenvalue weighted by Crippen LogP contribution is -2.39. The van der Waals surface area contributed by atoms with E-state index in [4.69, 9.17) is 4.42 Å². The maximum atomic E-state index is 12.7. The predicted octanol–water partition coefficient (Wildman–Crippen LogP) is 3.23. The zero-order valence-electron chi connectivity index (χ0n) is 12.0. The Morgan fingerprint density at radius 1 is 1.38 bits per heavy atom. The van der Waals surface area contributed by atoms with E-state index < -0.39 is 0 Å². The summed E-state index contributed by atoms with van der Waals surface area (Å²) in [7, 11) is 2.00. The number of pyridine rings is 1. The maximum absolute atomic E-state index is 12.7. The number of amides is 1. The number of nitrogens with zero attached hydrogens (tertiary/aromatic N) is 2. The lowest BCUT2D eigenvalue weighted by atomic mass is 9.96. The molecule has 1 aliphatic rings. The summed E-state index contributed by atoms with van der Waals surface area (Å²) in [5, 5.41) is 0. The number of halogens is 1.